The van der Waals surface area contributed by atoms with Crippen LogP contribution in [0.3, 0.4) is 0 Å². The zero-order valence-corrected chi connectivity index (χ0v) is 17.5. The molecule has 6 nitrogen and oxygen atoms in total. The lowest BCUT2D eigenvalue weighted by Gasteiger charge is -2.14. The van der Waals surface area contributed by atoms with Gasteiger partial charge in [0.25, 0.3) is 0 Å². The van der Waals surface area contributed by atoms with Gasteiger partial charge < -0.3 is 14.8 Å². The number of carbonyl (C=O) groups excluding carboxylic acids is 1. The number of hydrogen-bond acceptors (Lipinski definition) is 7. The van der Waals surface area contributed by atoms with Crippen molar-refractivity contribution in [3.8, 4) is 5.75 Å². The normalized spacial score (nSPS) is 10.6. The summed E-state index contributed by atoms with van der Waals surface area (Å²) in [5.74, 6) is 1.72. The Kier molecular flexibility index (Phi) is 6.02. The van der Waals surface area contributed by atoms with Gasteiger partial charge in [-0.1, -0.05) is 35.9 Å². The molecule has 8 heteroatoms. The Morgan fingerprint density at radius 3 is 2.47 bits per heavy atom. The van der Waals surface area contributed by atoms with Crippen molar-refractivity contribution in [3.05, 3.63) is 77.3 Å². The molecule has 30 heavy (non-hydrogen) atoms. The van der Waals surface area contributed by atoms with Crippen LogP contribution in [-0.2, 0) is 0 Å². The lowest BCUT2D eigenvalue weighted by atomic mass is 10.2. The topological polar surface area (TPSA) is 76.1 Å². The first kappa shape index (κ1) is 20.0. The number of anilines is 3. The van der Waals surface area contributed by atoms with Crippen LogP contribution in [0.2, 0.25) is 5.02 Å². The Balaban J connectivity index is 1.69. The van der Waals surface area contributed by atoms with Crippen LogP contribution in [0.4, 0.5) is 17.3 Å². The largest absolute Gasteiger partial charge is 0.497 e. The first-order valence-electron chi connectivity index (χ1n) is 9.02. The van der Waals surface area contributed by atoms with E-state index in [0.717, 1.165) is 22.2 Å². The quantitative estimate of drug-likeness (QED) is 0.273. The van der Waals surface area contributed by atoms with Crippen LogP contribution >= 0.6 is 23.5 Å². The molecule has 0 saturated heterocycles. The van der Waals surface area contributed by atoms with Crippen molar-refractivity contribution in [1.82, 2.24) is 9.97 Å². The Morgan fingerprint density at radius 2 is 1.73 bits per heavy atom. The fraction of sp³-hybridized carbons (Fsp3) is 0.0455. The van der Waals surface area contributed by atoms with E-state index in [9.17, 15) is 4.79 Å². The standard InChI is InChI=1S/C22H17ClN4O2S/c1-29-15-9-10-17(23)20(12-15)26-21-22(25-19-8-3-2-7-18(19)24-21)27-30-16-6-4-5-14(11-16)13-28/h2-13H,1H3,(H,24,26)(H,25,27). The van der Waals surface area contributed by atoms with Gasteiger partial charge in [-0.2, -0.15) is 0 Å². The second-order valence-electron chi connectivity index (χ2n) is 6.27. The fourth-order valence-corrected chi connectivity index (χ4v) is 3.63. The molecule has 1 heterocycles. The fourth-order valence-electron chi connectivity index (χ4n) is 2.77. The van der Waals surface area contributed by atoms with Crippen LogP contribution < -0.4 is 14.8 Å². The van der Waals surface area contributed by atoms with Gasteiger partial charge in [-0.15, -0.1) is 0 Å². The molecule has 0 radical (unpaired) electrons. The van der Waals surface area contributed by atoms with Crippen molar-refractivity contribution in [2.45, 2.75) is 4.90 Å². The van der Waals surface area contributed by atoms with Gasteiger partial charge >= 0.3 is 0 Å². The molecule has 4 aromatic rings. The predicted molar refractivity (Wildman–Crippen MR) is 122 cm³/mol. The van der Waals surface area contributed by atoms with Crippen molar-refractivity contribution >= 4 is 58.2 Å². The number of nitrogens with one attached hydrogen (secondary N) is 2. The summed E-state index contributed by atoms with van der Waals surface area (Å²) in [4.78, 5) is 21.3. The Morgan fingerprint density at radius 1 is 0.967 bits per heavy atom. The number of hydrogen-bond donors (Lipinski definition) is 2. The molecule has 4 rings (SSSR count). The molecular weight excluding hydrogens is 420 g/mol. The van der Waals surface area contributed by atoms with Gasteiger partial charge in [0.05, 0.1) is 28.9 Å². The van der Waals surface area contributed by atoms with Crippen LogP contribution in [0, 0.1) is 0 Å². The lowest BCUT2D eigenvalue weighted by molar-refractivity contribution is 0.112. The molecule has 0 spiro atoms. The number of carbonyl (C=O) groups is 1. The molecule has 2 N–H and O–H groups in total. The van der Waals surface area contributed by atoms with Crippen molar-refractivity contribution in [1.29, 1.82) is 0 Å². The SMILES string of the molecule is COc1ccc(Cl)c(Nc2nc3ccccc3nc2NSc2cccc(C=O)c2)c1. The van der Waals surface area contributed by atoms with Gasteiger partial charge in [-0.3, -0.25) is 4.79 Å². The Labute approximate surface area is 182 Å². The maximum Gasteiger partial charge on any atom is 0.180 e. The van der Waals surface area contributed by atoms with E-state index in [1.165, 1.54) is 11.9 Å². The number of methoxy groups -OCH3 is 1. The monoisotopic (exact) mass is 436 g/mol. The second kappa shape index (κ2) is 9.02. The number of halogens is 1. The minimum Gasteiger partial charge on any atom is -0.497 e. The molecule has 150 valence electrons. The number of fused-ring (bicyclic) bond motifs is 1. The second-order valence-corrected chi connectivity index (χ2v) is 7.56. The van der Waals surface area contributed by atoms with Crippen LogP contribution in [0.15, 0.2) is 71.6 Å². The van der Waals surface area contributed by atoms with E-state index in [1.807, 2.05) is 36.4 Å². The maximum atomic E-state index is 11.0. The molecule has 0 aliphatic rings. The summed E-state index contributed by atoms with van der Waals surface area (Å²) in [5.41, 5.74) is 2.76. The summed E-state index contributed by atoms with van der Waals surface area (Å²) in [5, 5.41) is 3.78. The molecule has 0 aliphatic heterocycles. The minimum absolute atomic E-state index is 0.517. The van der Waals surface area contributed by atoms with Crippen LogP contribution in [0.25, 0.3) is 11.0 Å². The van der Waals surface area contributed by atoms with Crippen molar-refractivity contribution in [2.75, 3.05) is 17.1 Å². The summed E-state index contributed by atoms with van der Waals surface area (Å²) >= 11 is 7.69. The van der Waals surface area contributed by atoms with E-state index in [4.69, 9.17) is 26.3 Å². The molecule has 1 aromatic heterocycles. The highest BCUT2D eigenvalue weighted by atomic mass is 35.5. The number of benzene rings is 3. The van der Waals surface area contributed by atoms with E-state index in [0.29, 0.717) is 33.7 Å². The van der Waals surface area contributed by atoms with Crippen molar-refractivity contribution in [3.63, 3.8) is 0 Å². The average Bonchev–Trinajstić information content (AvgIpc) is 2.79. The highest BCUT2D eigenvalue weighted by Gasteiger charge is 2.12. The highest BCUT2D eigenvalue weighted by Crippen LogP contribution is 2.33. The number of aromatic nitrogens is 2. The van der Waals surface area contributed by atoms with Gasteiger partial charge in [-0.05, 0) is 48.3 Å². The van der Waals surface area contributed by atoms with Gasteiger partial charge in [0, 0.05) is 16.5 Å². The summed E-state index contributed by atoms with van der Waals surface area (Å²) in [6, 6.07) is 20.2. The summed E-state index contributed by atoms with van der Waals surface area (Å²) in [6.07, 6.45) is 0.817. The third kappa shape index (κ3) is 4.48. The highest BCUT2D eigenvalue weighted by molar-refractivity contribution is 8.00. The van der Waals surface area contributed by atoms with Gasteiger partial charge in [0.1, 0.15) is 12.0 Å². The van der Waals surface area contributed by atoms with E-state index < -0.39 is 0 Å². The number of aldehydes is 1. The molecule has 0 unspecified atom stereocenters. The summed E-state index contributed by atoms with van der Waals surface area (Å²) in [6.45, 7) is 0. The van der Waals surface area contributed by atoms with Crippen LogP contribution in [0.1, 0.15) is 10.4 Å². The van der Waals surface area contributed by atoms with Crippen LogP contribution in [0.5, 0.6) is 5.75 Å². The van der Waals surface area contributed by atoms with Gasteiger partial charge in [-0.25, -0.2) is 9.97 Å². The molecular formula is C22H17ClN4O2S. The molecule has 0 saturated carbocycles. The third-order valence-corrected chi connectivity index (χ3v) is 5.37. The smallest absolute Gasteiger partial charge is 0.180 e. The first-order chi connectivity index (χ1) is 14.7. The summed E-state index contributed by atoms with van der Waals surface area (Å²) < 4.78 is 8.52. The number of ether oxygens (including phenoxy) is 1. The number of nitrogens with zero attached hydrogens (tertiary/aromatic N) is 2. The van der Waals surface area contributed by atoms with Gasteiger partial charge in [0.2, 0.25) is 0 Å². The lowest BCUT2D eigenvalue weighted by Crippen LogP contribution is -2.03. The number of para-hydroxylation sites is 2. The predicted octanol–water partition coefficient (Wildman–Crippen LogP) is 5.97. The molecule has 0 bridgehead atoms. The maximum absolute atomic E-state index is 11.0. The van der Waals surface area contributed by atoms with Crippen LogP contribution in [-0.4, -0.2) is 23.4 Å². The summed E-state index contributed by atoms with van der Waals surface area (Å²) in [7, 11) is 1.60. The molecule has 0 aliphatic carbocycles. The first-order valence-corrected chi connectivity index (χ1v) is 10.2. The zero-order valence-electron chi connectivity index (χ0n) is 15.9. The Hall–Kier alpha value is -3.29. The molecule has 0 fully saturated rings. The molecule has 0 atom stereocenters. The zero-order chi connectivity index (χ0) is 20.9. The van der Waals surface area contributed by atoms with E-state index in [-0.39, 0.29) is 0 Å². The Bertz CT molecular complexity index is 1220. The van der Waals surface area contributed by atoms with Crippen molar-refractivity contribution < 1.29 is 9.53 Å². The van der Waals surface area contributed by atoms with E-state index in [1.54, 1.807) is 37.4 Å². The van der Waals surface area contributed by atoms with E-state index in [2.05, 4.69) is 10.0 Å². The molecule has 3 aromatic carbocycles. The minimum atomic E-state index is 0.517. The van der Waals surface area contributed by atoms with Crippen molar-refractivity contribution in [2.24, 2.45) is 0 Å². The average molecular weight is 437 g/mol. The van der Waals surface area contributed by atoms with E-state index >= 15 is 0 Å². The number of rotatable bonds is 7. The van der Waals surface area contributed by atoms with Gasteiger partial charge in [0.15, 0.2) is 11.6 Å². The third-order valence-electron chi connectivity index (χ3n) is 4.26. The molecule has 0 amide bonds.